The van der Waals surface area contributed by atoms with Gasteiger partial charge < -0.3 is 10.4 Å². The molecule has 0 aliphatic rings. The van der Waals surface area contributed by atoms with Gasteiger partial charge in [0.15, 0.2) is 0 Å². The van der Waals surface area contributed by atoms with Gasteiger partial charge in [0.05, 0.1) is 12.1 Å². The number of hydrogen-bond acceptors (Lipinski definition) is 2. The summed E-state index contributed by atoms with van der Waals surface area (Å²) < 4.78 is 12.9. The Kier molecular flexibility index (Phi) is 5.88. The Morgan fingerprint density at radius 3 is 2.30 bits per heavy atom. The lowest BCUT2D eigenvalue weighted by atomic mass is 9.98. The molecule has 23 heavy (non-hydrogen) atoms. The Morgan fingerprint density at radius 1 is 1.09 bits per heavy atom. The van der Waals surface area contributed by atoms with Crippen molar-refractivity contribution in [1.29, 1.82) is 0 Å². The van der Waals surface area contributed by atoms with E-state index in [0.717, 1.165) is 5.56 Å². The largest absolute Gasteiger partial charge is 0.386 e. The minimum Gasteiger partial charge on any atom is -0.386 e. The van der Waals surface area contributed by atoms with Crippen molar-refractivity contribution in [3.05, 3.63) is 71.5 Å². The fraction of sp³-hybridized carbons (Fsp3) is 0.316. The molecule has 3 atom stereocenters. The predicted molar refractivity (Wildman–Crippen MR) is 88.3 cm³/mol. The monoisotopic (exact) mass is 315 g/mol. The van der Waals surface area contributed by atoms with Crippen LogP contribution in [0.1, 0.15) is 31.1 Å². The lowest BCUT2D eigenvalue weighted by molar-refractivity contribution is -0.125. The Balaban J connectivity index is 1.92. The molecule has 0 bridgehead atoms. The summed E-state index contributed by atoms with van der Waals surface area (Å²) in [4.78, 5) is 12.3. The molecule has 2 rings (SSSR count). The first kappa shape index (κ1) is 17.2. The fourth-order valence-electron chi connectivity index (χ4n) is 2.45. The van der Waals surface area contributed by atoms with E-state index < -0.39 is 12.1 Å². The Morgan fingerprint density at radius 2 is 1.70 bits per heavy atom. The number of carbonyl (C=O) groups excluding carboxylic acids is 1. The number of benzene rings is 2. The van der Waals surface area contributed by atoms with Crippen molar-refractivity contribution in [2.45, 2.75) is 32.4 Å². The minimum atomic E-state index is -0.872. The van der Waals surface area contributed by atoms with Crippen molar-refractivity contribution in [2.24, 2.45) is 5.92 Å². The number of halogens is 1. The number of amides is 1. The van der Waals surface area contributed by atoms with Gasteiger partial charge in [-0.25, -0.2) is 4.39 Å². The maximum absolute atomic E-state index is 12.9. The molecule has 2 N–H and O–H groups in total. The molecule has 3 nitrogen and oxygen atoms in total. The van der Waals surface area contributed by atoms with Crippen molar-refractivity contribution < 1.29 is 14.3 Å². The Labute approximate surface area is 136 Å². The second-order valence-corrected chi connectivity index (χ2v) is 5.88. The van der Waals surface area contributed by atoms with E-state index in [2.05, 4.69) is 5.32 Å². The smallest absolute Gasteiger partial charge is 0.223 e. The first-order valence-corrected chi connectivity index (χ1v) is 7.75. The van der Waals surface area contributed by atoms with Crippen molar-refractivity contribution in [3.63, 3.8) is 0 Å². The maximum Gasteiger partial charge on any atom is 0.223 e. The number of carbonyl (C=O) groups is 1. The zero-order valence-corrected chi connectivity index (χ0v) is 13.4. The van der Waals surface area contributed by atoms with Crippen LogP contribution >= 0.6 is 0 Å². The third-order valence-corrected chi connectivity index (χ3v) is 3.89. The van der Waals surface area contributed by atoms with E-state index >= 15 is 0 Å². The zero-order valence-electron chi connectivity index (χ0n) is 13.4. The van der Waals surface area contributed by atoms with Gasteiger partial charge in [0.2, 0.25) is 5.91 Å². The molecule has 2 aromatic rings. The zero-order chi connectivity index (χ0) is 16.8. The van der Waals surface area contributed by atoms with E-state index in [-0.39, 0.29) is 17.6 Å². The topological polar surface area (TPSA) is 49.3 Å². The predicted octanol–water partition coefficient (Wildman–Crippen LogP) is 3.24. The summed E-state index contributed by atoms with van der Waals surface area (Å²) in [5.74, 6) is -0.656. The first-order chi connectivity index (χ1) is 11.0. The molecule has 0 aliphatic carbocycles. The van der Waals surface area contributed by atoms with Crippen LogP contribution in [0.15, 0.2) is 54.6 Å². The number of hydrogen-bond donors (Lipinski definition) is 2. The average Bonchev–Trinajstić information content (AvgIpc) is 2.55. The lowest BCUT2D eigenvalue weighted by Crippen LogP contribution is -2.40. The number of nitrogens with one attached hydrogen (secondary N) is 1. The molecule has 0 saturated carbocycles. The summed E-state index contributed by atoms with van der Waals surface area (Å²) in [6.07, 6.45) is -0.227. The SMILES string of the molecule is CC(Cc1ccccc1)C(=O)NC(C)C(O)c1ccc(F)cc1. The van der Waals surface area contributed by atoms with Crippen LogP contribution in [0, 0.1) is 11.7 Å². The molecular weight excluding hydrogens is 293 g/mol. The highest BCUT2D eigenvalue weighted by atomic mass is 19.1. The molecule has 0 saturated heterocycles. The van der Waals surface area contributed by atoms with E-state index in [1.807, 2.05) is 37.3 Å². The van der Waals surface area contributed by atoms with Gasteiger partial charge in [0, 0.05) is 5.92 Å². The van der Waals surface area contributed by atoms with Crippen molar-refractivity contribution in [2.75, 3.05) is 0 Å². The summed E-state index contributed by atoms with van der Waals surface area (Å²) in [6.45, 7) is 3.60. The second kappa shape index (κ2) is 7.88. The third-order valence-electron chi connectivity index (χ3n) is 3.89. The van der Waals surface area contributed by atoms with Crippen molar-refractivity contribution in [1.82, 2.24) is 5.32 Å². The van der Waals surface area contributed by atoms with Crippen LogP contribution in [-0.4, -0.2) is 17.1 Å². The number of aliphatic hydroxyl groups is 1. The molecule has 0 aliphatic heterocycles. The lowest BCUT2D eigenvalue weighted by Gasteiger charge is -2.22. The average molecular weight is 315 g/mol. The normalized spacial score (nSPS) is 14.8. The van der Waals surface area contributed by atoms with E-state index in [4.69, 9.17) is 0 Å². The molecule has 0 heterocycles. The van der Waals surface area contributed by atoms with Crippen LogP contribution in [0.2, 0.25) is 0 Å². The minimum absolute atomic E-state index is 0.109. The van der Waals surface area contributed by atoms with Gasteiger partial charge in [-0.2, -0.15) is 0 Å². The van der Waals surface area contributed by atoms with Crippen LogP contribution in [0.3, 0.4) is 0 Å². The van der Waals surface area contributed by atoms with Crippen LogP contribution in [0.4, 0.5) is 4.39 Å². The summed E-state index contributed by atoms with van der Waals surface area (Å²) in [5.41, 5.74) is 1.68. The molecular formula is C19H22FNO2. The summed E-state index contributed by atoms with van der Waals surface area (Å²) in [6, 6.07) is 15.0. The first-order valence-electron chi connectivity index (χ1n) is 7.75. The van der Waals surface area contributed by atoms with Crippen LogP contribution in [0.5, 0.6) is 0 Å². The molecule has 2 aromatic carbocycles. The maximum atomic E-state index is 12.9. The van der Waals surface area contributed by atoms with Gasteiger partial charge in [-0.05, 0) is 36.6 Å². The standard InChI is InChI=1S/C19H22FNO2/c1-13(12-15-6-4-3-5-7-15)19(23)21-14(2)18(22)16-8-10-17(20)11-9-16/h3-11,13-14,18,22H,12H2,1-2H3,(H,21,23). The molecule has 122 valence electrons. The highest BCUT2D eigenvalue weighted by Gasteiger charge is 2.21. The van der Waals surface area contributed by atoms with E-state index in [0.29, 0.717) is 12.0 Å². The van der Waals surface area contributed by atoms with Gasteiger partial charge in [-0.1, -0.05) is 49.4 Å². The van der Waals surface area contributed by atoms with Gasteiger partial charge in [0.25, 0.3) is 0 Å². The highest BCUT2D eigenvalue weighted by molar-refractivity contribution is 5.78. The number of aliphatic hydroxyl groups excluding tert-OH is 1. The van der Waals surface area contributed by atoms with Gasteiger partial charge in [0.1, 0.15) is 5.82 Å². The molecule has 0 radical (unpaired) electrons. The molecule has 4 heteroatoms. The molecule has 0 aromatic heterocycles. The highest BCUT2D eigenvalue weighted by Crippen LogP contribution is 2.18. The second-order valence-electron chi connectivity index (χ2n) is 5.88. The van der Waals surface area contributed by atoms with E-state index in [1.54, 1.807) is 6.92 Å². The molecule has 1 amide bonds. The van der Waals surface area contributed by atoms with Gasteiger partial charge >= 0.3 is 0 Å². The van der Waals surface area contributed by atoms with E-state index in [9.17, 15) is 14.3 Å². The quantitative estimate of drug-likeness (QED) is 0.860. The van der Waals surface area contributed by atoms with E-state index in [1.165, 1.54) is 24.3 Å². The summed E-state index contributed by atoms with van der Waals surface area (Å²) in [5, 5.41) is 13.1. The summed E-state index contributed by atoms with van der Waals surface area (Å²) >= 11 is 0. The molecule has 0 spiro atoms. The Hall–Kier alpha value is -2.20. The van der Waals surface area contributed by atoms with Crippen LogP contribution in [0.25, 0.3) is 0 Å². The van der Waals surface area contributed by atoms with Gasteiger partial charge in [-0.15, -0.1) is 0 Å². The molecule has 3 unspecified atom stereocenters. The van der Waals surface area contributed by atoms with Crippen molar-refractivity contribution in [3.8, 4) is 0 Å². The molecule has 0 fully saturated rings. The van der Waals surface area contributed by atoms with Crippen LogP contribution < -0.4 is 5.32 Å². The van der Waals surface area contributed by atoms with Crippen LogP contribution in [-0.2, 0) is 11.2 Å². The van der Waals surface area contributed by atoms with Gasteiger partial charge in [-0.3, -0.25) is 4.79 Å². The van der Waals surface area contributed by atoms with Crippen molar-refractivity contribution >= 4 is 5.91 Å². The number of rotatable bonds is 6. The fourth-order valence-corrected chi connectivity index (χ4v) is 2.45. The summed E-state index contributed by atoms with van der Waals surface area (Å²) in [7, 11) is 0. The third kappa shape index (κ3) is 4.89. The Bertz CT molecular complexity index is 628.